The summed E-state index contributed by atoms with van der Waals surface area (Å²) in [6.45, 7) is 4.93. The number of carbonyl (C=O) groups is 3. The van der Waals surface area contributed by atoms with Crippen molar-refractivity contribution in [2.75, 3.05) is 47.5 Å². The van der Waals surface area contributed by atoms with Gasteiger partial charge in [0.25, 0.3) is 6.29 Å². The van der Waals surface area contributed by atoms with Crippen molar-refractivity contribution in [3.05, 3.63) is 0 Å². The van der Waals surface area contributed by atoms with Gasteiger partial charge in [0.05, 0.1) is 34.4 Å². The van der Waals surface area contributed by atoms with E-state index in [1.807, 2.05) is 21.1 Å². The van der Waals surface area contributed by atoms with E-state index < -0.39 is 18.4 Å². The maximum absolute atomic E-state index is 12.8. The number of carboxylic acid groups (broad SMARTS) is 1. The standard InChI is InChI=1S/C52H101NO8/c1-6-8-10-12-14-16-18-20-22-24-25-26-27-29-31-33-35-37-39-41-43-50(55)61-48(47-60-52(51(56)57)58-45-44-53(3,4)5)46-59-49(54)42-40-38-36-34-32-30-28-23-21-19-17-15-13-11-9-7-2/h48,52H,6-47H2,1-5H3/p+1. The van der Waals surface area contributed by atoms with E-state index in [0.29, 0.717) is 17.4 Å². The van der Waals surface area contributed by atoms with Gasteiger partial charge in [-0.2, -0.15) is 0 Å². The summed E-state index contributed by atoms with van der Waals surface area (Å²) in [4.78, 5) is 37.3. The zero-order valence-corrected chi connectivity index (χ0v) is 41.1. The first-order valence-corrected chi connectivity index (χ1v) is 26.2. The second-order valence-electron chi connectivity index (χ2n) is 19.2. The normalized spacial score (nSPS) is 12.7. The molecule has 0 bridgehead atoms. The van der Waals surface area contributed by atoms with Crippen LogP contribution in [0.15, 0.2) is 0 Å². The summed E-state index contributed by atoms with van der Waals surface area (Å²) in [5.74, 6) is -1.98. The second kappa shape index (κ2) is 44.9. The Morgan fingerprint density at radius 3 is 1.05 bits per heavy atom. The molecule has 0 amide bonds. The topological polar surface area (TPSA) is 108 Å². The summed E-state index contributed by atoms with van der Waals surface area (Å²) in [6.07, 6.45) is 44.5. The minimum atomic E-state index is -1.50. The Morgan fingerprint density at radius 2 is 0.738 bits per heavy atom. The molecule has 2 atom stereocenters. The summed E-state index contributed by atoms with van der Waals surface area (Å²) < 4.78 is 22.8. The Morgan fingerprint density at radius 1 is 0.426 bits per heavy atom. The number of esters is 2. The average molecular weight is 869 g/mol. The van der Waals surface area contributed by atoms with Crippen molar-refractivity contribution >= 4 is 17.9 Å². The van der Waals surface area contributed by atoms with Gasteiger partial charge in [0.2, 0.25) is 0 Å². The zero-order chi connectivity index (χ0) is 44.9. The van der Waals surface area contributed by atoms with Gasteiger partial charge in [-0.3, -0.25) is 9.59 Å². The first-order valence-electron chi connectivity index (χ1n) is 26.2. The molecule has 0 aromatic heterocycles. The van der Waals surface area contributed by atoms with Crippen LogP contribution in [0.25, 0.3) is 0 Å². The van der Waals surface area contributed by atoms with E-state index in [4.69, 9.17) is 18.9 Å². The molecule has 0 aromatic rings. The first-order chi connectivity index (χ1) is 29.6. The van der Waals surface area contributed by atoms with Crippen LogP contribution in [-0.2, 0) is 33.3 Å². The van der Waals surface area contributed by atoms with E-state index in [1.165, 1.54) is 193 Å². The number of hydrogen-bond donors (Lipinski definition) is 1. The molecular weight excluding hydrogens is 767 g/mol. The minimum absolute atomic E-state index is 0.173. The highest BCUT2D eigenvalue weighted by Gasteiger charge is 2.25. The van der Waals surface area contributed by atoms with Gasteiger partial charge in [-0.05, 0) is 12.8 Å². The third-order valence-corrected chi connectivity index (χ3v) is 11.9. The fraction of sp³-hybridized carbons (Fsp3) is 0.942. The molecule has 0 aliphatic rings. The van der Waals surface area contributed by atoms with Gasteiger partial charge >= 0.3 is 17.9 Å². The monoisotopic (exact) mass is 869 g/mol. The summed E-state index contributed by atoms with van der Waals surface area (Å²) in [5.41, 5.74) is 0. The molecule has 0 heterocycles. The van der Waals surface area contributed by atoms with Gasteiger partial charge in [-0.1, -0.05) is 232 Å². The maximum atomic E-state index is 12.8. The number of aliphatic carboxylic acids is 1. The molecule has 0 aliphatic carbocycles. The number of unbranched alkanes of at least 4 members (excludes halogenated alkanes) is 34. The van der Waals surface area contributed by atoms with E-state index in [9.17, 15) is 19.5 Å². The number of hydrogen-bond acceptors (Lipinski definition) is 7. The minimum Gasteiger partial charge on any atom is -0.477 e. The van der Waals surface area contributed by atoms with E-state index in [1.54, 1.807) is 0 Å². The lowest BCUT2D eigenvalue weighted by Gasteiger charge is -2.25. The second-order valence-corrected chi connectivity index (χ2v) is 19.2. The molecule has 1 N–H and O–H groups in total. The maximum Gasteiger partial charge on any atom is 0.361 e. The number of likely N-dealkylation sites (N-methyl/N-ethyl adjacent to an activating group) is 1. The highest BCUT2D eigenvalue weighted by molar-refractivity contribution is 5.71. The molecule has 0 radical (unpaired) electrons. The van der Waals surface area contributed by atoms with Crippen LogP contribution >= 0.6 is 0 Å². The van der Waals surface area contributed by atoms with Crippen molar-refractivity contribution in [2.24, 2.45) is 0 Å². The quantitative estimate of drug-likeness (QED) is 0.0279. The fourth-order valence-electron chi connectivity index (χ4n) is 7.78. The van der Waals surface area contributed by atoms with Crippen LogP contribution in [0.5, 0.6) is 0 Å². The molecule has 0 rings (SSSR count). The van der Waals surface area contributed by atoms with E-state index in [-0.39, 0.29) is 38.2 Å². The molecule has 0 aromatic carbocycles. The fourth-order valence-corrected chi connectivity index (χ4v) is 7.78. The first kappa shape index (κ1) is 59.3. The smallest absolute Gasteiger partial charge is 0.361 e. The van der Waals surface area contributed by atoms with Crippen LogP contribution in [0.4, 0.5) is 0 Å². The van der Waals surface area contributed by atoms with Gasteiger partial charge in [0.15, 0.2) is 6.10 Å². The van der Waals surface area contributed by atoms with Crippen molar-refractivity contribution in [3.63, 3.8) is 0 Å². The Balaban J connectivity index is 4.27. The summed E-state index contributed by atoms with van der Waals surface area (Å²) in [6, 6.07) is 0. The molecule has 0 spiro atoms. The third kappa shape index (κ3) is 46.1. The highest BCUT2D eigenvalue weighted by atomic mass is 16.7. The third-order valence-electron chi connectivity index (χ3n) is 11.9. The Hall–Kier alpha value is -1.71. The van der Waals surface area contributed by atoms with Crippen LogP contribution in [0.3, 0.4) is 0 Å². The Kier molecular flexibility index (Phi) is 43.6. The lowest BCUT2D eigenvalue weighted by Crippen LogP contribution is -2.40. The number of quaternary nitrogens is 1. The molecule has 2 unspecified atom stereocenters. The van der Waals surface area contributed by atoms with Crippen molar-refractivity contribution < 1.29 is 42.9 Å². The Labute approximate surface area is 377 Å². The number of carboxylic acids is 1. The van der Waals surface area contributed by atoms with E-state index in [0.717, 1.165) is 38.5 Å². The van der Waals surface area contributed by atoms with Crippen molar-refractivity contribution in [3.8, 4) is 0 Å². The summed E-state index contributed by atoms with van der Waals surface area (Å²) >= 11 is 0. The van der Waals surface area contributed by atoms with Gasteiger partial charge in [0.1, 0.15) is 13.2 Å². The van der Waals surface area contributed by atoms with Gasteiger partial charge in [-0.15, -0.1) is 0 Å². The summed E-state index contributed by atoms with van der Waals surface area (Å²) in [5, 5.41) is 9.67. The molecule has 0 saturated heterocycles. The van der Waals surface area contributed by atoms with Crippen molar-refractivity contribution in [2.45, 2.75) is 270 Å². The van der Waals surface area contributed by atoms with Gasteiger partial charge in [0, 0.05) is 12.8 Å². The Bertz CT molecular complexity index is 970. The van der Waals surface area contributed by atoms with Crippen LogP contribution in [-0.4, -0.2) is 87.4 Å². The molecule has 0 saturated carbocycles. The number of carbonyl (C=O) groups excluding carboxylic acids is 2. The van der Waals surface area contributed by atoms with E-state index in [2.05, 4.69) is 13.8 Å². The van der Waals surface area contributed by atoms with Crippen LogP contribution in [0.1, 0.15) is 258 Å². The molecule has 0 aliphatic heterocycles. The SMILES string of the molecule is CCCCCCCCCCCCCCCCCCCCCCC(=O)OC(COC(=O)CCCCCCCCCCCCCCCCCC)COC(OCC[N+](C)(C)C)C(=O)O. The number of rotatable bonds is 49. The predicted molar refractivity (Wildman–Crippen MR) is 254 cm³/mol. The lowest BCUT2D eigenvalue weighted by atomic mass is 10.0. The van der Waals surface area contributed by atoms with Crippen molar-refractivity contribution in [1.82, 2.24) is 0 Å². The molecule has 0 fully saturated rings. The van der Waals surface area contributed by atoms with E-state index >= 15 is 0 Å². The zero-order valence-electron chi connectivity index (χ0n) is 41.1. The summed E-state index contributed by atoms with van der Waals surface area (Å²) in [7, 11) is 5.97. The van der Waals surface area contributed by atoms with Crippen LogP contribution in [0, 0.1) is 0 Å². The average Bonchev–Trinajstić information content (AvgIpc) is 3.22. The molecule has 362 valence electrons. The largest absolute Gasteiger partial charge is 0.477 e. The highest BCUT2D eigenvalue weighted by Crippen LogP contribution is 2.17. The lowest BCUT2D eigenvalue weighted by molar-refractivity contribution is -0.870. The predicted octanol–water partition coefficient (Wildman–Crippen LogP) is 14.5. The van der Waals surface area contributed by atoms with Crippen molar-refractivity contribution in [1.29, 1.82) is 0 Å². The number of ether oxygens (including phenoxy) is 4. The molecule has 9 nitrogen and oxygen atoms in total. The van der Waals surface area contributed by atoms with Gasteiger partial charge in [-0.25, -0.2) is 4.79 Å². The molecule has 9 heteroatoms. The molecular formula is C52H102NO8+. The number of nitrogens with zero attached hydrogens (tertiary/aromatic N) is 1. The van der Waals surface area contributed by atoms with Crippen LogP contribution in [0.2, 0.25) is 0 Å². The molecule has 61 heavy (non-hydrogen) atoms. The van der Waals surface area contributed by atoms with Gasteiger partial charge < -0.3 is 28.5 Å². The van der Waals surface area contributed by atoms with Crippen LogP contribution < -0.4 is 0 Å².